The molecule has 1 N–H and O–H groups in total. The summed E-state index contributed by atoms with van der Waals surface area (Å²) < 4.78 is 0. The number of hydrogen-bond donors (Lipinski definition) is 1. The second-order valence-corrected chi connectivity index (χ2v) is 6.22. The van der Waals surface area contributed by atoms with Crippen molar-refractivity contribution >= 4 is 34.4 Å². The zero-order valence-corrected chi connectivity index (χ0v) is 13.5. The van der Waals surface area contributed by atoms with Crippen molar-refractivity contribution in [1.82, 2.24) is 0 Å². The van der Waals surface area contributed by atoms with Crippen molar-refractivity contribution in [3.63, 3.8) is 0 Å². The summed E-state index contributed by atoms with van der Waals surface area (Å²) in [5, 5.41) is 9.96. The molecule has 2 aromatic rings. The predicted octanol–water partition coefficient (Wildman–Crippen LogP) is 4.30. The van der Waals surface area contributed by atoms with Crippen molar-refractivity contribution in [3.05, 3.63) is 81.9 Å². The van der Waals surface area contributed by atoms with E-state index in [1.807, 2.05) is 30.3 Å². The van der Waals surface area contributed by atoms with Gasteiger partial charge < -0.3 is 5.11 Å². The maximum atomic E-state index is 12.4. The van der Waals surface area contributed by atoms with Crippen LogP contribution < -0.4 is 0 Å². The Hall–Kier alpha value is -2.49. The van der Waals surface area contributed by atoms with Crippen molar-refractivity contribution in [2.24, 2.45) is 4.99 Å². The fourth-order valence-electron chi connectivity index (χ4n) is 3.17. The van der Waals surface area contributed by atoms with E-state index in [9.17, 15) is 9.90 Å². The molecular formula is C20H14ClNO2. The first-order valence-electron chi connectivity index (χ1n) is 7.71. The molecule has 0 fully saturated rings. The molecular weight excluding hydrogens is 322 g/mol. The zero-order chi connectivity index (χ0) is 16.7. The van der Waals surface area contributed by atoms with E-state index in [2.05, 4.69) is 17.1 Å². The molecule has 0 radical (unpaired) electrons. The van der Waals surface area contributed by atoms with Crippen molar-refractivity contribution < 1.29 is 9.90 Å². The van der Waals surface area contributed by atoms with Gasteiger partial charge >= 0.3 is 0 Å². The second kappa shape index (κ2) is 5.86. The summed E-state index contributed by atoms with van der Waals surface area (Å²) in [6, 6.07) is 12.9. The fraction of sp³-hybridized carbons (Fsp3) is 0.100. The van der Waals surface area contributed by atoms with E-state index in [0.717, 1.165) is 34.3 Å². The molecule has 1 amide bonds. The van der Waals surface area contributed by atoms with Gasteiger partial charge in [0.15, 0.2) is 0 Å². The smallest absolute Gasteiger partial charge is 0.278 e. The van der Waals surface area contributed by atoms with E-state index >= 15 is 0 Å². The maximum absolute atomic E-state index is 12.4. The predicted molar refractivity (Wildman–Crippen MR) is 96.2 cm³/mol. The molecule has 1 aliphatic carbocycles. The van der Waals surface area contributed by atoms with Gasteiger partial charge in [0.2, 0.25) is 0 Å². The van der Waals surface area contributed by atoms with Crippen LogP contribution in [0.1, 0.15) is 33.5 Å². The Morgan fingerprint density at radius 2 is 1.88 bits per heavy atom. The SMILES string of the molecule is O=C1N=C2C(c3cccc(CO)c3)=CCC=C2c2cc(Cl)ccc21. The third kappa shape index (κ3) is 2.42. The highest BCUT2D eigenvalue weighted by atomic mass is 35.5. The van der Waals surface area contributed by atoms with Gasteiger partial charge in [0.05, 0.1) is 12.3 Å². The van der Waals surface area contributed by atoms with Gasteiger partial charge in [-0.05, 0) is 47.4 Å². The molecule has 0 bridgehead atoms. The first-order chi connectivity index (χ1) is 11.7. The lowest BCUT2D eigenvalue weighted by molar-refractivity contribution is 0.100. The highest BCUT2D eigenvalue weighted by Crippen LogP contribution is 2.37. The monoisotopic (exact) mass is 335 g/mol. The average Bonchev–Trinajstić information content (AvgIpc) is 2.61. The van der Waals surface area contributed by atoms with E-state index in [-0.39, 0.29) is 12.5 Å². The Kier molecular flexibility index (Phi) is 3.68. The minimum Gasteiger partial charge on any atom is -0.392 e. The topological polar surface area (TPSA) is 49.7 Å². The molecule has 2 aliphatic rings. The van der Waals surface area contributed by atoms with Gasteiger partial charge in [-0.25, -0.2) is 4.99 Å². The van der Waals surface area contributed by atoms with E-state index < -0.39 is 0 Å². The molecule has 24 heavy (non-hydrogen) atoms. The van der Waals surface area contributed by atoms with Crippen LogP contribution in [-0.2, 0) is 6.61 Å². The molecule has 0 saturated carbocycles. The minimum atomic E-state index is -0.250. The van der Waals surface area contributed by atoms with Crippen molar-refractivity contribution in [3.8, 4) is 0 Å². The number of halogens is 1. The van der Waals surface area contributed by atoms with Crippen molar-refractivity contribution in [1.29, 1.82) is 0 Å². The van der Waals surface area contributed by atoms with Crippen LogP contribution in [0.25, 0.3) is 11.1 Å². The summed E-state index contributed by atoms with van der Waals surface area (Å²) in [5.41, 5.74) is 5.73. The summed E-state index contributed by atoms with van der Waals surface area (Å²) in [5.74, 6) is -0.250. The lowest BCUT2D eigenvalue weighted by Gasteiger charge is -2.24. The van der Waals surface area contributed by atoms with Crippen molar-refractivity contribution in [2.45, 2.75) is 13.0 Å². The Bertz CT molecular complexity index is 954. The normalized spacial score (nSPS) is 15.9. The van der Waals surface area contributed by atoms with Crippen LogP contribution in [0.15, 0.2) is 59.6 Å². The summed E-state index contributed by atoms with van der Waals surface area (Å²) in [7, 11) is 0. The number of aliphatic hydroxyl groups is 1. The molecule has 4 rings (SSSR count). The largest absolute Gasteiger partial charge is 0.392 e. The highest BCUT2D eigenvalue weighted by Gasteiger charge is 2.28. The molecule has 0 spiro atoms. The van der Waals surface area contributed by atoms with E-state index in [1.54, 1.807) is 12.1 Å². The van der Waals surface area contributed by atoms with Crippen LogP contribution in [0.4, 0.5) is 0 Å². The molecule has 4 heteroatoms. The molecule has 1 aliphatic heterocycles. The van der Waals surface area contributed by atoms with Crippen LogP contribution >= 0.6 is 11.6 Å². The lowest BCUT2D eigenvalue weighted by Crippen LogP contribution is -2.19. The number of allylic oxidation sites excluding steroid dienone is 4. The van der Waals surface area contributed by atoms with E-state index in [4.69, 9.17) is 11.6 Å². The number of hydrogen-bond acceptors (Lipinski definition) is 2. The van der Waals surface area contributed by atoms with Gasteiger partial charge in [-0.3, -0.25) is 4.79 Å². The molecule has 1 heterocycles. The van der Waals surface area contributed by atoms with Crippen LogP contribution in [0.5, 0.6) is 0 Å². The van der Waals surface area contributed by atoms with Crippen LogP contribution in [0.3, 0.4) is 0 Å². The first kappa shape index (κ1) is 15.1. The van der Waals surface area contributed by atoms with Gasteiger partial charge in [-0.1, -0.05) is 42.0 Å². The third-order valence-electron chi connectivity index (χ3n) is 4.29. The number of nitrogens with zero attached hydrogens (tertiary/aromatic N) is 1. The number of amides is 1. The Labute approximate surface area is 144 Å². The average molecular weight is 336 g/mol. The van der Waals surface area contributed by atoms with E-state index in [0.29, 0.717) is 16.3 Å². The maximum Gasteiger partial charge on any atom is 0.278 e. The van der Waals surface area contributed by atoms with Gasteiger partial charge in [0.1, 0.15) is 0 Å². The number of carbonyl (C=O) groups excluding carboxylic acids is 1. The summed E-state index contributed by atoms with van der Waals surface area (Å²) in [6.07, 6.45) is 4.88. The first-order valence-corrected chi connectivity index (χ1v) is 8.09. The number of rotatable bonds is 2. The molecule has 0 unspecified atom stereocenters. The third-order valence-corrected chi connectivity index (χ3v) is 4.53. The number of benzene rings is 2. The quantitative estimate of drug-likeness (QED) is 0.889. The Morgan fingerprint density at radius 1 is 1.04 bits per heavy atom. The summed E-state index contributed by atoms with van der Waals surface area (Å²) in [4.78, 5) is 16.8. The number of carbonyl (C=O) groups is 1. The van der Waals surface area contributed by atoms with Crippen LogP contribution in [0, 0.1) is 0 Å². The standard InChI is InChI=1S/C20H14ClNO2/c21-14-7-8-17-18(10-14)16-6-2-5-15(19(16)22-20(17)24)13-4-1-3-12(9-13)11-23/h1,3-10,23H,2,11H2. The number of fused-ring (bicyclic) bond motifs is 3. The Balaban J connectivity index is 1.85. The molecule has 118 valence electrons. The molecule has 2 aromatic carbocycles. The number of aliphatic hydroxyl groups excluding tert-OH is 1. The molecule has 0 saturated heterocycles. The summed E-state index contributed by atoms with van der Waals surface area (Å²) in [6.45, 7) is -0.0202. The fourth-order valence-corrected chi connectivity index (χ4v) is 3.34. The minimum absolute atomic E-state index is 0.0202. The van der Waals surface area contributed by atoms with Crippen molar-refractivity contribution in [2.75, 3.05) is 0 Å². The summed E-state index contributed by atoms with van der Waals surface area (Å²) >= 11 is 6.13. The highest BCUT2D eigenvalue weighted by molar-refractivity contribution is 6.49. The molecule has 0 atom stereocenters. The Morgan fingerprint density at radius 3 is 2.71 bits per heavy atom. The second-order valence-electron chi connectivity index (χ2n) is 5.79. The van der Waals surface area contributed by atoms with E-state index in [1.165, 1.54) is 0 Å². The van der Waals surface area contributed by atoms with Gasteiger partial charge in [-0.15, -0.1) is 0 Å². The number of aliphatic imine (C=N–C) groups is 1. The van der Waals surface area contributed by atoms with Gasteiger partial charge in [0.25, 0.3) is 5.91 Å². The molecule has 3 nitrogen and oxygen atoms in total. The lowest BCUT2D eigenvalue weighted by atomic mass is 9.83. The van der Waals surface area contributed by atoms with Gasteiger partial charge in [0, 0.05) is 21.7 Å². The van der Waals surface area contributed by atoms with Gasteiger partial charge in [-0.2, -0.15) is 0 Å². The molecule has 0 aromatic heterocycles. The zero-order valence-electron chi connectivity index (χ0n) is 12.8. The van der Waals surface area contributed by atoms with Crippen LogP contribution in [0.2, 0.25) is 5.02 Å². The van der Waals surface area contributed by atoms with Crippen LogP contribution in [-0.4, -0.2) is 16.7 Å².